The Kier molecular flexibility index (Phi) is 5.29. The van der Waals surface area contributed by atoms with Crippen LogP contribution in [0.15, 0.2) is 91.5 Å². The van der Waals surface area contributed by atoms with Crippen LogP contribution in [0.2, 0.25) is 0 Å². The summed E-state index contributed by atoms with van der Waals surface area (Å²) in [5.74, 6) is -0.104. The minimum absolute atomic E-state index is 0.104. The number of nitrogens with zero attached hydrogens (tertiary/aromatic N) is 2. The molecule has 1 amide bonds. The van der Waals surface area contributed by atoms with Crippen LogP contribution in [0.5, 0.6) is 0 Å². The summed E-state index contributed by atoms with van der Waals surface area (Å²) in [4.78, 5) is 16.3. The highest BCUT2D eigenvalue weighted by molar-refractivity contribution is 5.96. The summed E-state index contributed by atoms with van der Waals surface area (Å²) < 4.78 is 2.02. The number of aromatic nitrogens is 2. The lowest BCUT2D eigenvalue weighted by Crippen LogP contribution is -2.20. The van der Waals surface area contributed by atoms with Gasteiger partial charge in [-0.25, -0.2) is 4.98 Å². The quantitative estimate of drug-likeness (QED) is 0.513. The van der Waals surface area contributed by atoms with Gasteiger partial charge >= 0.3 is 0 Å². The van der Waals surface area contributed by atoms with Gasteiger partial charge in [-0.2, -0.15) is 0 Å². The Balaban J connectivity index is 1.38. The lowest BCUT2D eigenvalue weighted by atomic mass is 10.0. The van der Waals surface area contributed by atoms with E-state index < -0.39 is 0 Å². The van der Waals surface area contributed by atoms with Gasteiger partial charge < -0.3 is 9.88 Å². The van der Waals surface area contributed by atoms with Gasteiger partial charge in [-0.15, -0.1) is 0 Å². The molecule has 4 aromatic rings. The van der Waals surface area contributed by atoms with Crippen molar-refractivity contribution in [1.82, 2.24) is 14.9 Å². The fraction of sp³-hybridized carbons (Fsp3) is 0.0833. The summed E-state index contributed by atoms with van der Waals surface area (Å²) in [6.45, 7) is 1.26. The average molecular weight is 367 g/mol. The van der Waals surface area contributed by atoms with E-state index in [4.69, 9.17) is 0 Å². The van der Waals surface area contributed by atoms with Gasteiger partial charge in [0.15, 0.2) is 0 Å². The maximum Gasteiger partial charge on any atom is 0.244 e. The molecule has 28 heavy (non-hydrogen) atoms. The van der Waals surface area contributed by atoms with Crippen molar-refractivity contribution in [2.75, 3.05) is 0 Å². The second kappa shape index (κ2) is 8.35. The molecular weight excluding hydrogens is 346 g/mol. The minimum Gasteiger partial charge on any atom is -0.348 e. The molecule has 4 heteroatoms. The highest BCUT2D eigenvalue weighted by atomic mass is 16.1. The first-order valence-corrected chi connectivity index (χ1v) is 9.25. The predicted molar refractivity (Wildman–Crippen MR) is 113 cm³/mol. The maximum atomic E-state index is 12.3. The first kappa shape index (κ1) is 17.7. The molecule has 0 aliphatic carbocycles. The van der Waals surface area contributed by atoms with Gasteiger partial charge in [-0.1, -0.05) is 66.7 Å². The third-order valence-electron chi connectivity index (χ3n) is 4.62. The molecule has 0 saturated heterocycles. The maximum absolute atomic E-state index is 12.3. The number of hydrogen-bond acceptors (Lipinski definition) is 2. The first-order chi connectivity index (χ1) is 13.8. The zero-order valence-corrected chi connectivity index (χ0v) is 15.5. The molecule has 138 valence electrons. The molecule has 0 aliphatic heterocycles. The number of nitrogens with one attached hydrogen (secondary N) is 1. The van der Waals surface area contributed by atoms with Crippen molar-refractivity contribution in [2.24, 2.45) is 0 Å². The fourth-order valence-corrected chi connectivity index (χ4v) is 3.24. The van der Waals surface area contributed by atoms with Crippen LogP contribution in [-0.2, 0) is 17.9 Å². The van der Waals surface area contributed by atoms with Crippen LogP contribution in [0.25, 0.3) is 16.8 Å². The zero-order chi connectivity index (χ0) is 19.2. The molecule has 0 unspecified atom stereocenters. The monoisotopic (exact) mass is 367 g/mol. The first-order valence-electron chi connectivity index (χ1n) is 9.25. The molecule has 4 rings (SSSR count). The molecule has 0 spiro atoms. The normalized spacial score (nSPS) is 11.1. The van der Waals surface area contributed by atoms with E-state index in [2.05, 4.69) is 40.6 Å². The molecule has 0 saturated carbocycles. The number of fused-ring (bicyclic) bond motifs is 1. The molecule has 4 nitrogen and oxygen atoms in total. The SMILES string of the molecule is O=C(/C=C/c1cccc2ccccc12)NCc1cccc(Cn2ccnc2)c1. The second-order valence-electron chi connectivity index (χ2n) is 6.67. The standard InChI is InChI=1S/C24H21N3O/c28-24(12-11-22-9-4-8-21-7-1-2-10-23(21)22)26-16-19-5-3-6-20(15-19)17-27-14-13-25-18-27/h1-15,18H,16-17H2,(H,26,28)/b12-11+. The van der Waals surface area contributed by atoms with Crippen LogP contribution >= 0.6 is 0 Å². The summed E-state index contributed by atoms with van der Waals surface area (Å²) in [7, 11) is 0. The van der Waals surface area contributed by atoms with Gasteiger partial charge in [0.25, 0.3) is 0 Å². The molecule has 0 fully saturated rings. The van der Waals surface area contributed by atoms with E-state index in [1.54, 1.807) is 18.6 Å². The van der Waals surface area contributed by atoms with E-state index in [0.29, 0.717) is 6.54 Å². The lowest BCUT2D eigenvalue weighted by molar-refractivity contribution is -0.116. The predicted octanol–water partition coefficient (Wildman–Crippen LogP) is 4.41. The Morgan fingerprint density at radius 3 is 2.71 bits per heavy atom. The van der Waals surface area contributed by atoms with Gasteiger partial charge in [-0.3, -0.25) is 4.79 Å². The van der Waals surface area contributed by atoms with Crippen molar-refractivity contribution < 1.29 is 4.79 Å². The second-order valence-corrected chi connectivity index (χ2v) is 6.67. The topological polar surface area (TPSA) is 46.9 Å². The van der Waals surface area contributed by atoms with Crippen LogP contribution in [0, 0.1) is 0 Å². The van der Waals surface area contributed by atoms with Crippen molar-refractivity contribution in [3.8, 4) is 0 Å². The van der Waals surface area contributed by atoms with Crippen molar-refractivity contribution in [3.05, 3.63) is 108 Å². The Hall–Kier alpha value is -3.66. The Labute approximate surface area is 164 Å². The van der Waals surface area contributed by atoms with Crippen molar-refractivity contribution in [3.63, 3.8) is 0 Å². The molecule has 0 atom stereocenters. The van der Waals surface area contributed by atoms with E-state index in [1.807, 2.05) is 53.2 Å². The van der Waals surface area contributed by atoms with Crippen LogP contribution in [0.4, 0.5) is 0 Å². The number of benzene rings is 3. The third-order valence-corrected chi connectivity index (χ3v) is 4.62. The Morgan fingerprint density at radius 2 is 1.82 bits per heavy atom. The van der Waals surface area contributed by atoms with Gasteiger partial charge in [-0.05, 0) is 33.5 Å². The number of carbonyl (C=O) groups excluding carboxylic acids is 1. The van der Waals surface area contributed by atoms with Crippen LogP contribution in [-0.4, -0.2) is 15.5 Å². The summed E-state index contributed by atoms with van der Waals surface area (Å²) in [5, 5.41) is 5.26. The summed E-state index contributed by atoms with van der Waals surface area (Å²) in [5.41, 5.74) is 3.29. The van der Waals surface area contributed by atoms with E-state index in [-0.39, 0.29) is 5.91 Å². The zero-order valence-electron chi connectivity index (χ0n) is 15.5. The largest absolute Gasteiger partial charge is 0.348 e. The number of hydrogen-bond donors (Lipinski definition) is 1. The molecule has 0 radical (unpaired) electrons. The summed E-state index contributed by atoms with van der Waals surface area (Å²) >= 11 is 0. The van der Waals surface area contributed by atoms with Crippen LogP contribution in [0.1, 0.15) is 16.7 Å². The third kappa shape index (κ3) is 4.35. The van der Waals surface area contributed by atoms with E-state index in [1.165, 1.54) is 10.9 Å². The smallest absolute Gasteiger partial charge is 0.244 e. The number of imidazole rings is 1. The summed E-state index contributed by atoms with van der Waals surface area (Å²) in [6, 6.07) is 22.5. The molecule has 3 aromatic carbocycles. The average Bonchev–Trinajstić information content (AvgIpc) is 3.24. The highest BCUT2D eigenvalue weighted by Gasteiger charge is 2.01. The van der Waals surface area contributed by atoms with E-state index in [0.717, 1.165) is 23.1 Å². The molecule has 0 aliphatic rings. The number of rotatable bonds is 6. The van der Waals surface area contributed by atoms with Crippen molar-refractivity contribution in [1.29, 1.82) is 0 Å². The van der Waals surface area contributed by atoms with Crippen molar-refractivity contribution >= 4 is 22.8 Å². The minimum atomic E-state index is -0.104. The Morgan fingerprint density at radius 1 is 1.00 bits per heavy atom. The highest BCUT2D eigenvalue weighted by Crippen LogP contribution is 2.19. The van der Waals surface area contributed by atoms with E-state index in [9.17, 15) is 4.79 Å². The van der Waals surface area contributed by atoms with Crippen LogP contribution < -0.4 is 5.32 Å². The van der Waals surface area contributed by atoms with E-state index >= 15 is 0 Å². The van der Waals surface area contributed by atoms with Gasteiger partial charge in [0, 0.05) is 31.6 Å². The fourth-order valence-electron chi connectivity index (χ4n) is 3.24. The van der Waals surface area contributed by atoms with Crippen LogP contribution in [0.3, 0.4) is 0 Å². The van der Waals surface area contributed by atoms with Crippen molar-refractivity contribution in [2.45, 2.75) is 13.1 Å². The number of carbonyl (C=O) groups is 1. The molecule has 1 N–H and O–H groups in total. The molecule has 0 bridgehead atoms. The molecule has 1 heterocycles. The molecular formula is C24H21N3O. The van der Waals surface area contributed by atoms with Gasteiger partial charge in [0.1, 0.15) is 0 Å². The van der Waals surface area contributed by atoms with Gasteiger partial charge in [0.05, 0.1) is 6.33 Å². The number of amides is 1. The van der Waals surface area contributed by atoms with Gasteiger partial charge in [0.2, 0.25) is 5.91 Å². The lowest BCUT2D eigenvalue weighted by Gasteiger charge is -2.07. The Bertz CT molecular complexity index is 1110. The summed E-state index contributed by atoms with van der Waals surface area (Å²) in [6.07, 6.45) is 8.97. The molecule has 1 aromatic heterocycles.